The molecule has 1 heterocycles. The lowest BCUT2D eigenvalue weighted by molar-refractivity contribution is -0.203. The minimum absolute atomic E-state index is 0.0177. The van der Waals surface area contributed by atoms with Crippen LogP contribution in [0.4, 0.5) is 17.6 Å². The molecule has 2 aromatic rings. The number of rotatable bonds is 6. The molecule has 0 N–H and O–H groups in total. The predicted molar refractivity (Wildman–Crippen MR) is 94.1 cm³/mol. The maximum Gasteiger partial charge on any atom is 0.194 e. The molecule has 146 valence electrons. The summed E-state index contributed by atoms with van der Waals surface area (Å²) in [6, 6.07) is 6.01. The van der Waals surface area contributed by atoms with E-state index in [4.69, 9.17) is 9.47 Å². The Labute approximate surface area is 156 Å². The van der Waals surface area contributed by atoms with Gasteiger partial charge in [-0.3, -0.25) is 0 Å². The molecule has 0 atom stereocenters. The third-order valence-corrected chi connectivity index (χ3v) is 4.73. The highest BCUT2D eigenvalue weighted by molar-refractivity contribution is 5.64. The van der Waals surface area contributed by atoms with Crippen molar-refractivity contribution < 1.29 is 27.0 Å². The Morgan fingerprint density at radius 2 is 1.56 bits per heavy atom. The Hall–Kier alpha value is -1.92. The van der Waals surface area contributed by atoms with Crippen LogP contribution in [-0.2, 0) is 15.9 Å². The van der Waals surface area contributed by atoms with Crippen LogP contribution in [0.3, 0.4) is 0 Å². The molecular weight excluding hydrogens is 360 g/mol. The molecule has 1 saturated heterocycles. The number of hydrogen-bond donors (Lipinski definition) is 0. The van der Waals surface area contributed by atoms with E-state index in [-0.39, 0.29) is 17.4 Å². The van der Waals surface area contributed by atoms with Crippen molar-refractivity contribution in [1.29, 1.82) is 0 Å². The van der Waals surface area contributed by atoms with Gasteiger partial charge in [-0.05, 0) is 42.2 Å². The lowest BCUT2D eigenvalue weighted by Crippen LogP contribution is -2.32. The summed E-state index contributed by atoms with van der Waals surface area (Å²) in [6.45, 7) is 3.47. The average Bonchev–Trinajstić information content (AvgIpc) is 2.65. The quantitative estimate of drug-likeness (QED) is 0.476. The summed E-state index contributed by atoms with van der Waals surface area (Å²) in [5, 5.41) is 0. The molecule has 3 rings (SSSR count). The van der Waals surface area contributed by atoms with Gasteiger partial charge in [-0.15, -0.1) is 0 Å². The monoisotopic (exact) mass is 382 g/mol. The SMILES string of the molecule is CCCC1COC(CCc2ccc(-c3cc(F)c(F)c(F)c3)c(F)c2)OC1. The van der Waals surface area contributed by atoms with Crippen LogP contribution < -0.4 is 0 Å². The molecule has 0 unspecified atom stereocenters. The summed E-state index contributed by atoms with van der Waals surface area (Å²) in [6.07, 6.45) is 3.00. The van der Waals surface area contributed by atoms with Crippen LogP contribution in [0.15, 0.2) is 30.3 Å². The first kappa shape index (κ1) is 19.8. The Balaban J connectivity index is 1.62. The number of benzene rings is 2. The Morgan fingerprint density at radius 1 is 0.889 bits per heavy atom. The van der Waals surface area contributed by atoms with Crippen LogP contribution in [0.2, 0.25) is 0 Å². The molecule has 0 bridgehead atoms. The smallest absolute Gasteiger partial charge is 0.194 e. The maximum atomic E-state index is 14.4. The molecule has 27 heavy (non-hydrogen) atoms. The van der Waals surface area contributed by atoms with Crippen molar-refractivity contribution in [1.82, 2.24) is 0 Å². The molecule has 2 nitrogen and oxygen atoms in total. The van der Waals surface area contributed by atoms with Gasteiger partial charge in [-0.1, -0.05) is 25.5 Å². The van der Waals surface area contributed by atoms with Crippen molar-refractivity contribution in [2.24, 2.45) is 5.92 Å². The second-order valence-corrected chi connectivity index (χ2v) is 6.86. The van der Waals surface area contributed by atoms with Gasteiger partial charge in [0.05, 0.1) is 13.2 Å². The van der Waals surface area contributed by atoms with E-state index in [9.17, 15) is 17.6 Å². The first-order chi connectivity index (χ1) is 13.0. The van der Waals surface area contributed by atoms with E-state index < -0.39 is 23.3 Å². The van der Waals surface area contributed by atoms with Crippen LogP contribution in [-0.4, -0.2) is 19.5 Å². The molecule has 1 aliphatic heterocycles. The Bertz CT molecular complexity index is 763. The van der Waals surface area contributed by atoms with Crippen molar-refractivity contribution in [3.63, 3.8) is 0 Å². The highest BCUT2D eigenvalue weighted by Crippen LogP contribution is 2.27. The lowest BCUT2D eigenvalue weighted by Gasteiger charge is -2.29. The minimum atomic E-state index is -1.57. The van der Waals surface area contributed by atoms with E-state index in [1.54, 1.807) is 6.07 Å². The van der Waals surface area contributed by atoms with E-state index in [0.29, 0.717) is 32.0 Å². The van der Waals surface area contributed by atoms with Crippen molar-refractivity contribution in [2.45, 2.75) is 38.9 Å². The van der Waals surface area contributed by atoms with Gasteiger partial charge in [0.15, 0.2) is 23.7 Å². The third kappa shape index (κ3) is 4.87. The summed E-state index contributed by atoms with van der Waals surface area (Å²) < 4.78 is 65.6. The Morgan fingerprint density at radius 3 is 2.15 bits per heavy atom. The minimum Gasteiger partial charge on any atom is -0.352 e. The van der Waals surface area contributed by atoms with Gasteiger partial charge in [0, 0.05) is 17.9 Å². The van der Waals surface area contributed by atoms with Gasteiger partial charge < -0.3 is 9.47 Å². The molecule has 1 aliphatic rings. The fourth-order valence-corrected chi connectivity index (χ4v) is 3.27. The van der Waals surface area contributed by atoms with Crippen molar-refractivity contribution >= 4 is 0 Å². The van der Waals surface area contributed by atoms with Crippen LogP contribution in [0.25, 0.3) is 11.1 Å². The zero-order valence-electron chi connectivity index (χ0n) is 15.1. The summed E-state index contributed by atoms with van der Waals surface area (Å²) in [5.74, 6) is -4.45. The van der Waals surface area contributed by atoms with Gasteiger partial charge in [-0.25, -0.2) is 17.6 Å². The highest BCUT2D eigenvalue weighted by Gasteiger charge is 2.21. The van der Waals surface area contributed by atoms with Crippen molar-refractivity contribution in [3.05, 3.63) is 59.2 Å². The highest BCUT2D eigenvalue weighted by atomic mass is 19.2. The zero-order chi connectivity index (χ0) is 19.4. The van der Waals surface area contributed by atoms with E-state index in [2.05, 4.69) is 6.92 Å². The number of hydrogen-bond acceptors (Lipinski definition) is 2. The summed E-state index contributed by atoms with van der Waals surface area (Å²) in [5.41, 5.74) is 0.697. The molecule has 0 radical (unpaired) electrons. The van der Waals surface area contributed by atoms with E-state index in [0.717, 1.165) is 30.5 Å². The average molecular weight is 382 g/mol. The van der Waals surface area contributed by atoms with Gasteiger partial charge in [0.25, 0.3) is 0 Å². The summed E-state index contributed by atoms with van der Waals surface area (Å²) in [4.78, 5) is 0. The molecule has 1 fully saturated rings. The second-order valence-electron chi connectivity index (χ2n) is 6.86. The van der Waals surface area contributed by atoms with Gasteiger partial charge in [0.1, 0.15) is 5.82 Å². The zero-order valence-corrected chi connectivity index (χ0v) is 15.1. The van der Waals surface area contributed by atoms with Crippen molar-refractivity contribution in [2.75, 3.05) is 13.2 Å². The van der Waals surface area contributed by atoms with Crippen LogP contribution >= 0.6 is 0 Å². The molecular formula is C21H22F4O2. The number of halogens is 4. The normalized spacial score (nSPS) is 20.0. The first-order valence-corrected chi connectivity index (χ1v) is 9.14. The second kappa shape index (κ2) is 8.85. The van der Waals surface area contributed by atoms with Crippen LogP contribution in [0.5, 0.6) is 0 Å². The molecule has 6 heteroatoms. The number of aryl methyl sites for hydroxylation is 1. The fraction of sp³-hybridized carbons (Fsp3) is 0.429. The molecule has 0 spiro atoms. The van der Waals surface area contributed by atoms with Gasteiger partial charge >= 0.3 is 0 Å². The van der Waals surface area contributed by atoms with Crippen LogP contribution in [0.1, 0.15) is 31.7 Å². The summed E-state index contributed by atoms with van der Waals surface area (Å²) >= 11 is 0. The van der Waals surface area contributed by atoms with E-state index in [1.165, 1.54) is 12.1 Å². The largest absolute Gasteiger partial charge is 0.352 e. The first-order valence-electron chi connectivity index (χ1n) is 9.14. The Kier molecular flexibility index (Phi) is 6.50. The summed E-state index contributed by atoms with van der Waals surface area (Å²) in [7, 11) is 0. The topological polar surface area (TPSA) is 18.5 Å². The predicted octanol–water partition coefficient (Wildman–Crippen LogP) is 5.63. The van der Waals surface area contributed by atoms with E-state index in [1.807, 2.05) is 0 Å². The lowest BCUT2D eigenvalue weighted by atomic mass is 10.0. The van der Waals surface area contributed by atoms with Crippen molar-refractivity contribution in [3.8, 4) is 11.1 Å². The van der Waals surface area contributed by atoms with Gasteiger partial charge in [-0.2, -0.15) is 0 Å². The molecule has 2 aromatic carbocycles. The van der Waals surface area contributed by atoms with Gasteiger partial charge in [0.2, 0.25) is 0 Å². The standard InChI is InChI=1S/C21H22F4O2/c1-2-3-14-11-26-20(27-12-14)7-5-13-4-6-16(17(22)8-13)15-9-18(23)21(25)19(24)10-15/h4,6,8-10,14,20H,2-3,5,7,11-12H2,1H3. The maximum absolute atomic E-state index is 14.4. The number of ether oxygens (including phenoxy) is 2. The molecule has 0 amide bonds. The third-order valence-electron chi connectivity index (χ3n) is 4.73. The fourth-order valence-electron chi connectivity index (χ4n) is 3.27. The molecule has 0 aliphatic carbocycles. The molecule has 0 saturated carbocycles. The van der Waals surface area contributed by atoms with E-state index >= 15 is 0 Å². The van der Waals surface area contributed by atoms with Crippen LogP contribution in [0, 0.1) is 29.2 Å². The molecule has 0 aromatic heterocycles.